The first kappa shape index (κ1) is 21.6. The van der Waals surface area contributed by atoms with Gasteiger partial charge in [-0.05, 0) is 32.3 Å². The van der Waals surface area contributed by atoms with Gasteiger partial charge in [0.1, 0.15) is 11.6 Å². The van der Waals surface area contributed by atoms with Gasteiger partial charge in [0, 0.05) is 38.0 Å². The first-order chi connectivity index (χ1) is 14.4. The number of halogens is 2. The second-order valence-electron chi connectivity index (χ2n) is 7.31. The molecule has 158 valence electrons. The van der Waals surface area contributed by atoms with E-state index < -0.39 is 5.82 Å². The molecular formula is C23H25F2N3O2. The molecule has 7 heteroatoms. The van der Waals surface area contributed by atoms with Gasteiger partial charge in [-0.15, -0.1) is 0 Å². The van der Waals surface area contributed by atoms with Crippen molar-refractivity contribution in [2.75, 3.05) is 27.2 Å². The van der Waals surface area contributed by atoms with Crippen LogP contribution in [-0.4, -0.2) is 47.9 Å². The Balaban J connectivity index is 1.65. The van der Waals surface area contributed by atoms with E-state index in [4.69, 9.17) is 4.42 Å². The zero-order valence-electron chi connectivity index (χ0n) is 17.1. The molecule has 1 heterocycles. The summed E-state index contributed by atoms with van der Waals surface area (Å²) >= 11 is 0. The molecule has 0 aliphatic rings. The smallest absolute Gasteiger partial charge is 0.223 e. The quantitative estimate of drug-likeness (QED) is 0.529. The minimum Gasteiger partial charge on any atom is -0.441 e. The van der Waals surface area contributed by atoms with Crippen LogP contribution in [0, 0.1) is 11.6 Å². The number of benzene rings is 2. The summed E-state index contributed by atoms with van der Waals surface area (Å²) in [5, 5.41) is 0. The van der Waals surface area contributed by atoms with Gasteiger partial charge in [0.15, 0.2) is 11.7 Å². The third-order valence-corrected chi connectivity index (χ3v) is 4.73. The largest absolute Gasteiger partial charge is 0.441 e. The summed E-state index contributed by atoms with van der Waals surface area (Å²) in [5.41, 5.74) is 0.803. The van der Waals surface area contributed by atoms with Crippen LogP contribution in [0.3, 0.4) is 0 Å². The molecule has 1 aromatic heterocycles. The predicted octanol–water partition coefficient (Wildman–Crippen LogP) is 4.14. The second kappa shape index (κ2) is 10.1. The van der Waals surface area contributed by atoms with Gasteiger partial charge < -0.3 is 14.2 Å². The van der Waals surface area contributed by atoms with Crippen LogP contribution in [0.25, 0.3) is 11.3 Å². The van der Waals surface area contributed by atoms with Crippen LogP contribution >= 0.6 is 0 Å². The number of nitrogens with zero attached hydrogens (tertiary/aromatic N) is 3. The summed E-state index contributed by atoms with van der Waals surface area (Å²) in [5.74, 6) is -0.157. The highest BCUT2D eigenvalue weighted by molar-refractivity contribution is 5.76. The van der Waals surface area contributed by atoms with Crippen molar-refractivity contribution in [2.45, 2.75) is 19.4 Å². The van der Waals surface area contributed by atoms with E-state index in [1.54, 1.807) is 41.3 Å². The van der Waals surface area contributed by atoms with E-state index in [9.17, 15) is 13.6 Å². The molecule has 5 nitrogen and oxygen atoms in total. The maximum Gasteiger partial charge on any atom is 0.223 e. The summed E-state index contributed by atoms with van der Waals surface area (Å²) < 4.78 is 33.6. The number of carbonyl (C=O) groups is 1. The average Bonchev–Trinajstić information content (AvgIpc) is 3.19. The van der Waals surface area contributed by atoms with Gasteiger partial charge in [-0.2, -0.15) is 0 Å². The Hall–Kier alpha value is -3.06. The molecule has 0 spiro atoms. The average molecular weight is 413 g/mol. The highest BCUT2D eigenvalue weighted by atomic mass is 19.1. The fourth-order valence-corrected chi connectivity index (χ4v) is 3.03. The molecule has 0 fully saturated rings. The van der Waals surface area contributed by atoms with Gasteiger partial charge >= 0.3 is 0 Å². The molecule has 0 saturated carbocycles. The Morgan fingerprint density at radius 1 is 1.00 bits per heavy atom. The number of carbonyl (C=O) groups excluding carboxylic acids is 1. The summed E-state index contributed by atoms with van der Waals surface area (Å²) in [7, 11) is 3.84. The molecule has 3 aromatic rings. The maximum absolute atomic E-state index is 14.1. The third kappa shape index (κ3) is 5.73. The zero-order chi connectivity index (χ0) is 21.5. The first-order valence-electron chi connectivity index (χ1n) is 9.79. The molecule has 0 aliphatic carbocycles. The van der Waals surface area contributed by atoms with Crippen molar-refractivity contribution in [1.82, 2.24) is 14.8 Å². The summed E-state index contributed by atoms with van der Waals surface area (Å²) in [6.45, 7) is 1.34. The Kier molecular flexibility index (Phi) is 7.30. The molecule has 0 unspecified atom stereocenters. The topological polar surface area (TPSA) is 49.6 Å². The maximum atomic E-state index is 14.1. The summed E-state index contributed by atoms with van der Waals surface area (Å²) in [4.78, 5) is 20.6. The number of likely N-dealkylation sites (N-methyl/N-ethyl adjacent to an activating group) is 1. The van der Waals surface area contributed by atoms with Crippen molar-refractivity contribution in [1.29, 1.82) is 0 Å². The standard InChI is InChI=1S/C23H25F2N3O2/c1-27(2)13-14-28(16-17-7-3-5-9-19(17)24)23(29)12-11-22-26-15-21(30-22)18-8-4-6-10-20(18)25/h3-10,15H,11-14,16H2,1-2H3. The molecular weight excluding hydrogens is 388 g/mol. The second-order valence-corrected chi connectivity index (χ2v) is 7.31. The van der Waals surface area contributed by atoms with Crippen molar-refractivity contribution in [3.05, 3.63) is 77.8 Å². The van der Waals surface area contributed by atoms with Crippen LogP contribution in [0.2, 0.25) is 0 Å². The van der Waals surface area contributed by atoms with Crippen LogP contribution < -0.4 is 0 Å². The van der Waals surface area contributed by atoms with Crippen LogP contribution in [0.15, 0.2) is 59.1 Å². The molecule has 0 radical (unpaired) electrons. The molecule has 0 atom stereocenters. The molecule has 0 bridgehead atoms. The molecule has 1 amide bonds. The van der Waals surface area contributed by atoms with E-state index in [1.807, 2.05) is 19.0 Å². The lowest BCUT2D eigenvalue weighted by Gasteiger charge is -2.24. The monoisotopic (exact) mass is 413 g/mol. The van der Waals surface area contributed by atoms with Crippen molar-refractivity contribution in [2.24, 2.45) is 0 Å². The van der Waals surface area contributed by atoms with Crippen molar-refractivity contribution >= 4 is 5.91 Å². The minimum atomic E-state index is -0.393. The number of hydrogen-bond acceptors (Lipinski definition) is 4. The number of aromatic nitrogens is 1. The summed E-state index contributed by atoms with van der Waals surface area (Å²) in [6.07, 6.45) is 1.91. The van der Waals surface area contributed by atoms with Crippen molar-refractivity contribution in [3.63, 3.8) is 0 Å². The zero-order valence-corrected chi connectivity index (χ0v) is 17.1. The highest BCUT2D eigenvalue weighted by Crippen LogP contribution is 2.23. The minimum absolute atomic E-state index is 0.120. The van der Waals surface area contributed by atoms with E-state index in [1.165, 1.54) is 18.3 Å². The Morgan fingerprint density at radius 3 is 2.40 bits per heavy atom. The normalized spacial score (nSPS) is 11.1. The van der Waals surface area contributed by atoms with Crippen LogP contribution in [-0.2, 0) is 17.8 Å². The predicted molar refractivity (Wildman–Crippen MR) is 111 cm³/mol. The van der Waals surface area contributed by atoms with Gasteiger partial charge in [-0.3, -0.25) is 4.79 Å². The van der Waals surface area contributed by atoms with E-state index in [0.29, 0.717) is 35.9 Å². The van der Waals surface area contributed by atoms with Crippen LogP contribution in [0.5, 0.6) is 0 Å². The van der Waals surface area contributed by atoms with E-state index in [2.05, 4.69) is 4.98 Å². The fraction of sp³-hybridized carbons (Fsp3) is 0.304. The lowest BCUT2D eigenvalue weighted by Crippen LogP contribution is -2.36. The molecule has 3 rings (SSSR count). The van der Waals surface area contributed by atoms with Gasteiger partial charge in [-0.25, -0.2) is 13.8 Å². The molecule has 30 heavy (non-hydrogen) atoms. The number of amides is 1. The van der Waals surface area contributed by atoms with E-state index in [0.717, 1.165) is 0 Å². The molecule has 0 aliphatic heterocycles. The van der Waals surface area contributed by atoms with Gasteiger partial charge in [0.2, 0.25) is 5.91 Å². The first-order valence-corrected chi connectivity index (χ1v) is 9.79. The Labute approximate surface area is 174 Å². The lowest BCUT2D eigenvalue weighted by atomic mass is 10.2. The summed E-state index contributed by atoms with van der Waals surface area (Å²) in [6, 6.07) is 12.7. The van der Waals surface area contributed by atoms with Gasteiger partial charge in [0.05, 0.1) is 11.8 Å². The van der Waals surface area contributed by atoms with Crippen molar-refractivity contribution < 1.29 is 18.0 Å². The SMILES string of the molecule is CN(C)CCN(Cc1ccccc1F)C(=O)CCc1ncc(-c2ccccc2F)o1. The highest BCUT2D eigenvalue weighted by Gasteiger charge is 2.18. The Bertz CT molecular complexity index is 988. The number of oxazole rings is 1. The van der Waals surface area contributed by atoms with E-state index in [-0.39, 0.29) is 31.1 Å². The van der Waals surface area contributed by atoms with Crippen LogP contribution in [0.4, 0.5) is 8.78 Å². The molecule has 2 aromatic carbocycles. The number of hydrogen-bond donors (Lipinski definition) is 0. The van der Waals surface area contributed by atoms with Gasteiger partial charge in [0.25, 0.3) is 0 Å². The van der Waals surface area contributed by atoms with Crippen molar-refractivity contribution in [3.8, 4) is 11.3 Å². The van der Waals surface area contributed by atoms with Gasteiger partial charge in [-0.1, -0.05) is 30.3 Å². The lowest BCUT2D eigenvalue weighted by molar-refractivity contribution is -0.132. The fourth-order valence-electron chi connectivity index (χ4n) is 3.03. The molecule has 0 saturated heterocycles. The Morgan fingerprint density at radius 2 is 1.70 bits per heavy atom. The molecule has 0 N–H and O–H groups in total. The van der Waals surface area contributed by atoms with E-state index >= 15 is 0 Å². The third-order valence-electron chi connectivity index (χ3n) is 4.73. The van der Waals surface area contributed by atoms with Crippen LogP contribution in [0.1, 0.15) is 17.9 Å². The number of aryl methyl sites for hydroxylation is 1. The number of rotatable bonds is 9.